The van der Waals surface area contributed by atoms with Gasteiger partial charge in [-0.1, -0.05) is 43.7 Å². The summed E-state index contributed by atoms with van der Waals surface area (Å²) in [6.45, 7) is 2.10. The predicted molar refractivity (Wildman–Crippen MR) is 73.8 cm³/mol. The van der Waals surface area contributed by atoms with Gasteiger partial charge in [0.15, 0.2) is 5.78 Å². The van der Waals surface area contributed by atoms with E-state index in [-0.39, 0.29) is 5.78 Å². The van der Waals surface area contributed by atoms with E-state index in [9.17, 15) is 9.59 Å². The monoisotopic (exact) mass is 246 g/mol. The molecule has 0 aromatic heterocycles. The lowest BCUT2D eigenvalue weighted by atomic mass is 10.1. The van der Waals surface area contributed by atoms with E-state index >= 15 is 0 Å². The van der Waals surface area contributed by atoms with Crippen LogP contribution in [0.1, 0.15) is 62.2 Å². The molecule has 18 heavy (non-hydrogen) atoms. The number of unbranched alkanes of at least 4 members (excludes halogenated alkanes) is 1. The summed E-state index contributed by atoms with van der Waals surface area (Å²) in [6, 6.07) is 9.48. The van der Waals surface area contributed by atoms with Crippen LogP contribution in [-0.4, -0.2) is 11.6 Å². The molecule has 0 saturated heterocycles. The molecule has 0 N–H and O–H groups in total. The topological polar surface area (TPSA) is 34.1 Å². The Bertz CT molecular complexity index is 360. The molecule has 1 aliphatic rings. The highest BCUT2D eigenvalue weighted by Gasteiger charge is 2.07. The molecule has 98 valence electrons. The van der Waals surface area contributed by atoms with Gasteiger partial charge < -0.3 is 0 Å². The fourth-order valence-corrected chi connectivity index (χ4v) is 1.88. The second kappa shape index (κ2) is 8.62. The summed E-state index contributed by atoms with van der Waals surface area (Å²) in [5.41, 5.74) is 0.839. The number of ketones is 2. The maximum atomic E-state index is 11.4. The van der Waals surface area contributed by atoms with Crippen molar-refractivity contribution < 1.29 is 9.59 Å². The van der Waals surface area contributed by atoms with Gasteiger partial charge in [-0.2, -0.15) is 0 Å². The first-order valence-corrected chi connectivity index (χ1v) is 6.84. The van der Waals surface area contributed by atoms with Crippen molar-refractivity contribution in [1.29, 1.82) is 0 Å². The molecule has 0 amide bonds. The highest BCUT2D eigenvalue weighted by Crippen LogP contribution is 2.11. The summed E-state index contributed by atoms with van der Waals surface area (Å²) in [7, 11) is 0. The van der Waals surface area contributed by atoms with E-state index in [0.29, 0.717) is 12.2 Å². The van der Waals surface area contributed by atoms with Gasteiger partial charge in [0.25, 0.3) is 0 Å². The zero-order valence-electron chi connectivity index (χ0n) is 11.2. The van der Waals surface area contributed by atoms with Crippen molar-refractivity contribution in [1.82, 2.24) is 0 Å². The number of benzene rings is 1. The Kier molecular flexibility index (Phi) is 7.00. The number of Topliss-reactive ketones (excluding diaryl/α,β-unsaturated/α-hetero) is 2. The fourth-order valence-electron chi connectivity index (χ4n) is 1.88. The molecule has 1 aromatic rings. The molecular formula is C16H22O2. The third-order valence-electron chi connectivity index (χ3n) is 3.01. The van der Waals surface area contributed by atoms with E-state index in [2.05, 4.69) is 6.92 Å². The van der Waals surface area contributed by atoms with E-state index in [1.807, 2.05) is 30.3 Å². The molecule has 0 radical (unpaired) electrons. The van der Waals surface area contributed by atoms with E-state index < -0.39 is 0 Å². The van der Waals surface area contributed by atoms with Crippen LogP contribution in [0.3, 0.4) is 0 Å². The van der Waals surface area contributed by atoms with Crippen LogP contribution in [0, 0.1) is 0 Å². The molecule has 2 heteroatoms. The Morgan fingerprint density at radius 1 is 1.11 bits per heavy atom. The Hall–Kier alpha value is -1.44. The Labute approximate surface area is 109 Å². The number of rotatable bonds is 4. The lowest BCUT2D eigenvalue weighted by molar-refractivity contribution is -0.117. The average Bonchev–Trinajstić information content (AvgIpc) is 2.89. The van der Waals surface area contributed by atoms with Gasteiger partial charge >= 0.3 is 0 Å². The summed E-state index contributed by atoms with van der Waals surface area (Å²) in [5, 5.41) is 0. The number of carbonyl (C=O) groups excluding carboxylic acids is 2. The minimum atomic E-state index is 0.262. The lowest BCUT2D eigenvalue weighted by Crippen LogP contribution is -1.97. The summed E-state index contributed by atoms with van der Waals surface area (Å²) in [6.07, 6.45) is 6.73. The van der Waals surface area contributed by atoms with Crippen LogP contribution < -0.4 is 0 Å². The van der Waals surface area contributed by atoms with Crippen molar-refractivity contribution in [3.63, 3.8) is 0 Å². The van der Waals surface area contributed by atoms with E-state index in [1.165, 1.54) is 0 Å². The van der Waals surface area contributed by atoms with Gasteiger partial charge in [0.05, 0.1) is 0 Å². The van der Waals surface area contributed by atoms with Crippen LogP contribution in [0.4, 0.5) is 0 Å². The summed E-state index contributed by atoms with van der Waals surface area (Å²) in [4.78, 5) is 21.6. The van der Waals surface area contributed by atoms with E-state index in [0.717, 1.165) is 44.1 Å². The average molecular weight is 246 g/mol. The van der Waals surface area contributed by atoms with Crippen LogP contribution in [0.2, 0.25) is 0 Å². The summed E-state index contributed by atoms with van der Waals surface area (Å²) in [5.74, 6) is 0.715. The molecule has 0 spiro atoms. The number of carbonyl (C=O) groups is 2. The van der Waals surface area contributed by atoms with Gasteiger partial charge in [-0.25, -0.2) is 0 Å². The van der Waals surface area contributed by atoms with Gasteiger partial charge in [-0.3, -0.25) is 9.59 Å². The molecule has 0 aliphatic heterocycles. The van der Waals surface area contributed by atoms with Gasteiger partial charge in [0, 0.05) is 24.8 Å². The highest BCUT2D eigenvalue weighted by molar-refractivity contribution is 5.95. The summed E-state index contributed by atoms with van der Waals surface area (Å²) >= 11 is 0. The molecule has 1 fully saturated rings. The smallest absolute Gasteiger partial charge is 0.162 e. The van der Waals surface area contributed by atoms with Gasteiger partial charge in [0.2, 0.25) is 0 Å². The first-order valence-electron chi connectivity index (χ1n) is 6.84. The van der Waals surface area contributed by atoms with Crippen molar-refractivity contribution in [2.24, 2.45) is 0 Å². The Morgan fingerprint density at radius 2 is 1.72 bits per heavy atom. The lowest BCUT2D eigenvalue weighted by Gasteiger charge is -1.97. The van der Waals surface area contributed by atoms with Crippen LogP contribution in [0.5, 0.6) is 0 Å². The highest BCUT2D eigenvalue weighted by atomic mass is 16.1. The minimum Gasteiger partial charge on any atom is -0.300 e. The molecule has 2 nitrogen and oxygen atoms in total. The van der Waals surface area contributed by atoms with Crippen LogP contribution in [-0.2, 0) is 4.79 Å². The molecule has 0 atom stereocenters. The fraction of sp³-hybridized carbons (Fsp3) is 0.500. The normalized spacial score (nSPS) is 13.9. The molecule has 0 unspecified atom stereocenters. The van der Waals surface area contributed by atoms with Crippen molar-refractivity contribution in [3.05, 3.63) is 35.9 Å². The molecule has 0 bridgehead atoms. The second-order valence-electron chi connectivity index (χ2n) is 4.64. The van der Waals surface area contributed by atoms with Crippen LogP contribution in [0.25, 0.3) is 0 Å². The molecule has 2 rings (SSSR count). The minimum absolute atomic E-state index is 0.262. The Morgan fingerprint density at radius 3 is 2.17 bits per heavy atom. The first kappa shape index (κ1) is 14.6. The SMILES string of the molecule is CCCCC(=O)c1ccccc1.O=C1CCCC1. The largest absolute Gasteiger partial charge is 0.300 e. The standard InChI is InChI=1S/C11H14O.C5H8O/c1-2-3-9-11(12)10-7-5-4-6-8-10;6-5-3-1-2-4-5/h4-8H,2-3,9H2,1H3;1-4H2. The molecule has 0 heterocycles. The molecule has 1 aliphatic carbocycles. The maximum Gasteiger partial charge on any atom is 0.162 e. The van der Waals surface area contributed by atoms with E-state index in [4.69, 9.17) is 0 Å². The first-order chi connectivity index (χ1) is 8.74. The van der Waals surface area contributed by atoms with Crippen molar-refractivity contribution in [3.8, 4) is 0 Å². The number of hydrogen-bond donors (Lipinski definition) is 0. The van der Waals surface area contributed by atoms with Crippen LogP contribution >= 0.6 is 0 Å². The third-order valence-corrected chi connectivity index (χ3v) is 3.01. The maximum absolute atomic E-state index is 11.4. The molecular weight excluding hydrogens is 224 g/mol. The Balaban J connectivity index is 0.000000225. The van der Waals surface area contributed by atoms with Crippen molar-refractivity contribution in [2.75, 3.05) is 0 Å². The van der Waals surface area contributed by atoms with E-state index in [1.54, 1.807) is 0 Å². The van der Waals surface area contributed by atoms with Gasteiger partial charge in [0.1, 0.15) is 5.78 Å². The predicted octanol–water partition coefficient (Wildman–Crippen LogP) is 4.19. The van der Waals surface area contributed by atoms with Gasteiger partial charge in [-0.05, 0) is 19.3 Å². The second-order valence-corrected chi connectivity index (χ2v) is 4.64. The quantitative estimate of drug-likeness (QED) is 0.746. The molecule has 1 saturated carbocycles. The number of hydrogen-bond acceptors (Lipinski definition) is 2. The molecule has 1 aromatic carbocycles. The van der Waals surface area contributed by atoms with Crippen molar-refractivity contribution >= 4 is 11.6 Å². The zero-order chi connectivity index (χ0) is 13.2. The van der Waals surface area contributed by atoms with Crippen LogP contribution in [0.15, 0.2) is 30.3 Å². The van der Waals surface area contributed by atoms with Crippen molar-refractivity contribution in [2.45, 2.75) is 51.9 Å². The zero-order valence-corrected chi connectivity index (χ0v) is 11.2. The third kappa shape index (κ3) is 5.76. The summed E-state index contributed by atoms with van der Waals surface area (Å²) < 4.78 is 0. The van der Waals surface area contributed by atoms with Gasteiger partial charge in [-0.15, -0.1) is 0 Å².